The molecule has 3 aromatic carbocycles. The van der Waals surface area contributed by atoms with Crippen LogP contribution in [0.5, 0.6) is 5.75 Å². The number of carbonyl (C=O) groups is 1. The van der Waals surface area contributed by atoms with E-state index in [2.05, 4.69) is 46.4 Å². The van der Waals surface area contributed by atoms with Crippen LogP contribution in [-0.2, 0) is 4.79 Å². The van der Waals surface area contributed by atoms with Gasteiger partial charge >= 0.3 is 5.97 Å². The number of ether oxygens (including phenoxy) is 1. The molecule has 1 heterocycles. The van der Waals surface area contributed by atoms with Crippen molar-refractivity contribution in [3.8, 4) is 17.0 Å². The minimum absolute atomic E-state index is 0.349. The molecule has 0 aliphatic heterocycles. The highest BCUT2D eigenvalue weighted by Crippen LogP contribution is 2.23. The number of carbonyl (C=O) groups excluding carboxylic acids is 1. The molecule has 0 unspecified atom stereocenters. The molecule has 0 N–H and O–H groups in total. The van der Waals surface area contributed by atoms with E-state index in [1.165, 1.54) is 6.33 Å². The summed E-state index contributed by atoms with van der Waals surface area (Å²) >= 11 is 0. The molecule has 0 aliphatic rings. The van der Waals surface area contributed by atoms with Crippen LogP contribution in [0.15, 0.2) is 97.3 Å². The molecule has 0 saturated heterocycles. The predicted molar refractivity (Wildman–Crippen MR) is 133 cm³/mol. The summed E-state index contributed by atoms with van der Waals surface area (Å²) in [7, 11) is 1.82. The molecule has 5 nitrogen and oxygen atoms in total. The Labute approximate surface area is 194 Å². The number of esters is 1. The summed E-state index contributed by atoms with van der Waals surface area (Å²) in [6, 6.07) is 28.8. The fourth-order valence-corrected chi connectivity index (χ4v) is 3.27. The van der Waals surface area contributed by atoms with Gasteiger partial charge in [0.2, 0.25) is 0 Å². The second-order valence-electron chi connectivity index (χ2n) is 7.65. The van der Waals surface area contributed by atoms with Crippen molar-refractivity contribution < 1.29 is 9.53 Å². The first-order chi connectivity index (χ1) is 16.1. The Morgan fingerprint density at radius 2 is 1.45 bits per heavy atom. The van der Waals surface area contributed by atoms with Gasteiger partial charge in [0, 0.05) is 18.7 Å². The topological polar surface area (TPSA) is 55.3 Å². The Kier molecular flexibility index (Phi) is 6.90. The Morgan fingerprint density at radius 3 is 2.12 bits per heavy atom. The molecule has 0 amide bonds. The Morgan fingerprint density at radius 1 is 0.848 bits per heavy atom. The predicted octanol–water partition coefficient (Wildman–Crippen LogP) is 5.74. The van der Waals surface area contributed by atoms with Crippen molar-refractivity contribution >= 4 is 23.9 Å². The summed E-state index contributed by atoms with van der Waals surface area (Å²) in [6.45, 7) is 1.79. The largest absolute Gasteiger partial charge is 0.425 e. The average molecular weight is 436 g/mol. The zero-order chi connectivity index (χ0) is 23.0. The Balaban J connectivity index is 1.45. The van der Waals surface area contributed by atoms with Crippen LogP contribution in [0.1, 0.15) is 18.1 Å². The molecular weight excluding hydrogens is 410 g/mol. The van der Waals surface area contributed by atoms with Crippen molar-refractivity contribution in [2.75, 3.05) is 11.9 Å². The van der Waals surface area contributed by atoms with Crippen molar-refractivity contribution in [1.29, 1.82) is 0 Å². The lowest BCUT2D eigenvalue weighted by atomic mass is 10.1. The average Bonchev–Trinajstić information content (AvgIpc) is 2.88. The first kappa shape index (κ1) is 22.0. The quantitative estimate of drug-likeness (QED) is 0.210. The number of nitrogens with zero attached hydrogens (tertiary/aromatic N) is 3. The second-order valence-corrected chi connectivity index (χ2v) is 7.65. The lowest BCUT2D eigenvalue weighted by molar-refractivity contribution is -0.135. The number of aromatic nitrogens is 2. The maximum absolute atomic E-state index is 12.6. The van der Waals surface area contributed by atoms with E-state index in [1.54, 1.807) is 24.0 Å². The molecular formula is C28H25N3O2. The molecule has 5 heteroatoms. The molecule has 1 atom stereocenters. The smallest absolute Gasteiger partial charge is 0.333 e. The Hall–Kier alpha value is -4.25. The van der Waals surface area contributed by atoms with Gasteiger partial charge in [-0.3, -0.25) is 0 Å². The summed E-state index contributed by atoms with van der Waals surface area (Å²) in [6.07, 6.45) is 5.68. The normalized spacial score (nSPS) is 11.8. The summed E-state index contributed by atoms with van der Waals surface area (Å²) < 4.78 is 5.47. The molecule has 0 aliphatic carbocycles. The molecule has 0 saturated carbocycles. The number of benzene rings is 3. The molecule has 4 rings (SSSR count). The molecule has 1 aromatic heterocycles. The van der Waals surface area contributed by atoms with Crippen LogP contribution in [0, 0.1) is 0 Å². The minimum atomic E-state index is -0.515. The highest BCUT2D eigenvalue weighted by atomic mass is 16.5. The fourth-order valence-electron chi connectivity index (χ4n) is 3.27. The monoisotopic (exact) mass is 435 g/mol. The highest BCUT2D eigenvalue weighted by Gasteiger charge is 2.22. The number of hydrogen-bond donors (Lipinski definition) is 0. The first-order valence-electron chi connectivity index (χ1n) is 10.8. The van der Waals surface area contributed by atoms with Crippen LogP contribution in [0.4, 0.5) is 5.82 Å². The summed E-state index contributed by atoms with van der Waals surface area (Å²) in [4.78, 5) is 23.1. The Bertz CT molecular complexity index is 1220. The van der Waals surface area contributed by atoms with Crippen LogP contribution >= 0.6 is 0 Å². The van der Waals surface area contributed by atoms with Gasteiger partial charge in [0.15, 0.2) is 0 Å². The second kappa shape index (κ2) is 10.4. The van der Waals surface area contributed by atoms with Crippen molar-refractivity contribution in [1.82, 2.24) is 9.97 Å². The summed E-state index contributed by atoms with van der Waals surface area (Å²) in [5.41, 5.74) is 4.02. The number of hydrogen-bond acceptors (Lipinski definition) is 5. The van der Waals surface area contributed by atoms with Gasteiger partial charge in [0.05, 0.1) is 5.69 Å². The third kappa shape index (κ3) is 5.71. The van der Waals surface area contributed by atoms with Gasteiger partial charge in [-0.15, -0.1) is 0 Å². The summed E-state index contributed by atoms with van der Waals surface area (Å²) in [5.74, 6) is 0.816. The fraction of sp³-hybridized carbons (Fsp3) is 0.107. The lowest BCUT2D eigenvalue weighted by Crippen LogP contribution is -2.39. The van der Waals surface area contributed by atoms with Crippen molar-refractivity contribution in [2.24, 2.45) is 0 Å². The summed E-state index contributed by atoms with van der Waals surface area (Å²) in [5, 5.41) is 0. The van der Waals surface area contributed by atoms with E-state index >= 15 is 0 Å². The molecule has 0 bridgehead atoms. The van der Waals surface area contributed by atoms with Gasteiger partial charge in [-0.1, -0.05) is 84.9 Å². The van der Waals surface area contributed by atoms with Crippen LogP contribution in [0.3, 0.4) is 0 Å². The third-order valence-electron chi connectivity index (χ3n) is 5.37. The SMILES string of the molecule is C[C@@H](C(=O)Oc1ccccc1)N(C)c1cc(-c2ccc(C=Cc3ccccc3)cc2)ncn1. The maximum atomic E-state index is 12.6. The molecule has 4 aromatic rings. The van der Waals surface area contributed by atoms with E-state index in [-0.39, 0.29) is 5.97 Å². The van der Waals surface area contributed by atoms with E-state index in [4.69, 9.17) is 4.74 Å². The van der Waals surface area contributed by atoms with Gasteiger partial charge in [-0.25, -0.2) is 14.8 Å². The van der Waals surface area contributed by atoms with Crippen molar-refractivity contribution in [3.63, 3.8) is 0 Å². The van der Waals surface area contributed by atoms with Crippen molar-refractivity contribution in [2.45, 2.75) is 13.0 Å². The van der Waals surface area contributed by atoms with Crippen LogP contribution in [0.25, 0.3) is 23.4 Å². The van der Waals surface area contributed by atoms with E-state index in [0.29, 0.717) is 11.6 Å². The van der Waals surface area contributed by atoms with Crippen LogP contribution < -0.4 is 9.64 Å². The van der Waals surface area contributed by atoms with Crippen molar-refractivity contribution in [3.05, 3.63) is 108 Å². The van der Waals surface area contributed by atoms with E-state index in [1.807, 2.05) is 61.6 Å². The molecule has 164 valence electrons. The zero-order valence-electron chi connectivity index (χ0n) is 18.6. The van der Waals surface area contributed by atoms with Gasteiger partial charge in [-0.2, -0.15) is 0 Å². The van der Waals surface area contributed by atoms with Gasteiger partial charge in [-0.05, 0) is 30.2 Å². The number of likely N-dealkylation sites (N-methyl/N-ethyl adjacent to an activating group) is 1. The van der Waals surface area contributed by atoms with Crippen LogP contribution in [-0.4, -0.2) is 29.0 Å². The minimum Gasteiger partial charge on any atom is -0.425 e. The lowest BCUT2D eigenvalue weighted by Gasteiger charge is -2.24. The number of rotatable bonds is 7. The van der Waals surface area contributed by atoms with Crippen LogP contribution in [0.2, 0.25) is 0 Å². The highest BCUT2D eigenvalue weighted by molar-refractivity contribution is 5.81. The molecule has 33 heavy (non-hydrogen) atoms. The standard InChI is InChI=1S/C28H25N3O2/c1-21(28(32)33-25-11-7-4-8-12-25)31(2)27-19-26(29-20-30-27)24-17-15-23(16-18-24)14-13-22-9-5-3-6-10-22/h3-21H,1-2H3/t21-/m0/s1. The first-order valence-corrected chi connectivity index (χ1v) is 10.8. The number of para-hydroxylation sites is 1. The zero-order valence-corrected chi connectivity index (χ0v) is 18.6. The van der Waals surface area contributed by atoms with E-state index in [9.17, 15) is 4.79 Å². The molecule has 0 spiro atoms. The molecule has 0 fully saturated rings. The van der Waals surface area contributed by atoms with Gasteiger partial charge in [0.1, 0.15) is 23.9 Å². The third-order valence-corrected chi connectivity index (χ3v) is 5.37. The van der Waals surface area contributed by atoms with Gasteiger partial charge < -0.3 is 9.64 Å². The van der Waals surface area contributed by atoms with Gasteiger partial charge in [0.25, 0.3) is 0 Å². The maximum Gasteiger partial charge on any atom is 0.333 e. The molecule has 0 radical (unpaired) electrons. The number of anilines is 1. The van der Waals surface area contributed by atoms with E-state index < -0.39 is 6.04 Å². The van der Waals surface area contributed by atoms with E-state index in [0.717, 1.165) is 22.4 Å².